The molecule has 0 radical (unpaired) electrons. The van der Waals surface area contributed by atoms with Gasteiger partial charge in [-0.05, 0) is 23.2 Å². The lowest BCUT2D eigenvalue weighted by atomic mass is 10.0. The van der Waals surface area contributed by atoms with Crippen molar-refractivity contribution in [3.8, 4) is 11.5 Å². The van der Waals surface area contributed by atoms with Crippen molar-refractivity contribution in [3.63, 3.8) is 0 Å². The standard InChI is InChI=1S/C12H11N3O4/c1-17-9-4-3-7(5-10(9)18-2)11-8(14-15-13)6-19-12(11)16/h3-5H,6H2,1-2H3. The van der Waals surface area contributed by atoms with E-state index in [0.717, 1.165) is 0 Å². The molecule has 0 bridgehead atoms. The quantitative estimate of drug-likeness (QED) is 0.359. The van der Waals surface area contributed by atoms with Gasteiger partial charge in [0.2, 0.25) is 0 Å². The predicted molar refractivity (Wildman–Crippen MR) is 66.6 cm³/mol. The SMILES string of the molecule is COc1ccc(C2=C(N=[N+]=[N-])COC2=O)cc1OC. The van der Waals surface area contributed by atoms with Crippen molar-refractivity contribution in [2.45, 2.75) is 0 Å². The first-order chi connectivity index (χ1) is 9.21. The summed E-state index contributed by atoms with van der Waals surface area (Å²) in [6.07, 6.45) is 0. The normalized spacial score (nSPS) is 13.9. The number of hydrogen-bond donors (Lipinski definition) is 0. The van der Waals surface area contributed by atoms with Crippen molar-refractivity contribution in [3.05, 3.63) is 39.9 Å². The van der Waals surface area contributed by atoms with Crippen LogP contribution in [-0.4, -0.2) is 26.8 Å². The third-order valence-electron chi connectivity index (χ3n) is 2.67. The fourth-order valence-electron chi connectivity index (χ4n) is 1.81. The zero-order chi connectivity index (χ0) is 13.8. The Morgan fingerprint density at radius 3 is 2.68 bits per heavy atom. The second-order valence-corrected chi connectivity index (χ2v) is 3.66. The number of carbonyl (C=O) groups is 1. The van der Waals surface area contributed by atoms with Gasteiger partial charge >= 0.3 is 5.97 Å². The molecule has 0 aliphatic carbocycles. The Bertz CT molecular complexity index is 603. The minimum Gasteiger partial charge on any atom is -0.493 e. The number of carbonyl (C=O) groups excluding carboxylic acids is 1. The molecule has 2 rings (SSSR count). The summed E-state index contributed by atoms with van der Waals surface area (Å²) in [5.41, 5.74) is 9.54. The Balaban J connectivity index is 2.54. The van der Waals surface area contributed by atoms with Crippen LogP contribution in [0.5, 0.6) is 11.5 Å². The van der Waals surface area contributed by atoms with E-state index >= 15 is 0 Å². The summed E-state index contributed by atoms with van der Waals surface area (Å²) in [7, 11) is 3.02. The minimum atomic E-state index is -0.519. The molecule has 7 heteroatoms. The second-order valence-electron chi connectivity index (χ2n) is 3.66. The van der Waals surface area contributed by atoms with E-state index in [1.807, 2.05) is 0 Å². The average molecular weight is 261 g/mol. The number of azide groups is 1. The maximum atomic E-state index is 11.7. The number of benzene rings is 1. The fraction of sp³-hybridized carbons (Fsp3) is 0.250. The molecule has 1 heterocycles. The third-order valence-corrected chi connectivity index (χ3v) is 2.67. The summed E-state index contributed by atoms with van der Waals surface area (Å²) in [6, 6.07) is 4.98. The molecule has 0 N–H and O–H groups in total. The lowest BCUT2D eigenvalue weighted by Gasteiger charge is -2.09. The number of esters is 1. The summed E-state index contributed by atoms with van der Waals surface area (Å²) in [6.45, 7) is -0.0213. The molecule has 0 amide bonds. The topological polar surface area (TPSA) is 93.5 Å². The molecule has 1 aromatic rings. The van der Waals surface area contributed by atoms with Crippen LogP contribution in [0.1, 0.15) is 5.56 Å². The molecule has 1 aliphatic heterocycles. The molecule has 0 unspecified atom stereocenters. The average Bonchev–Trinajstić information content (AvgIpc) is 2.79. The molecule has 0 atom stereocenters. The molecule has 0 saturated heterocycles. The zero-order valence-electron chi connectivity index (χ0n) is 10.4. The maximum absolute atomic E-state index is 11.7. The van der Waals surface area contributed by atoms with Crippen LogP contribution in [0.25, 0.3) is 16.0 Å². The van der Waals surface area contributed by atoms with Crippen molar-refractivity contribution in [1.29, 1.82) is 0 Å². The molecule has 1 aromatic carbocycles. The summed E-state index contributed by atoms with van der Waals surface area (Å²) < 4.78 is 15.1. The Morgan fingerprint density at radius 2 is 2.05 bits per heavy atom. The van der Waals surface area contributed by atoms with Crippen molar-refractivity contribution in [1.82, 2.24) is 0 Å². The summed E-state index contributed by atoms with van der Waals surface area (Å²) in [5, 5.41) is 3.47. The fourth-order valence-corrected chi connectivity index (χ4v) is 1.81. The Morgan fingerprint density at radius 1 is 1.32 bits per heavy atom. The van der Waals surface area contributed by atoms with Crippen LogP contribution in [0.15, 0.2) is 29.0 Å². The zero-order valence-corrected chi connectivity index (χ0v) is 10.4. The van der Waals surface area contributed by atoms with Crippen molar-refractivity contribution in [2.75, 3.05) is 20.8 Å². The highest BCUT2D eigenvalue weighted by molar-refractivity contribution is 6.19. The number of ether oxygens (including phenoxy) is 3. The third kappa shape index (κ3) is 2.31. The molecule has 7 nitrogen and oxygen atoms in total. The van der Waals surface area contributed by atoms with Crippen LogP contribution >= 0.6 is 0 Å². The number of cyclic esters (lactones) is 1. The Labute approximate surface area is 109 Å². The van der Waals surface area contributed by atoms with Gasteiger partial charge in [0.1, 0.15) is 6.61 Å². The summed E-state index contributed by atoms with van der Waals surface area (Å²) in [5.74, 6) is 0.505. The van der Waals surface area contributed by atoms with Crippen molar-refractivity contribution >= 4 is 11.5 Å². The monoisotopic (exact) mass is 261 g/mol. The first-order valence-electron chi connectivity index (χ1n) is 5.39. The van der Waals surface area contributed by atoms with Gasteiger partial charge in [-0.25, -0.2) is 4.79 Å². The van der Waals surface area contributed by atoms with Gasteiger partial charge in [0.05, 0.1) is 25.5 Å². The van der Waals surface area contributed by atoms with Gasteiger partial charge in [0, 0.05) is 4.91 Å². The molecule has 0 aromatic heterocycles. The molecule has 0 spiro atoms. The molecule has 98 valence electrons. The van der Waals surface area contributed by atoms with E-state index in [2.05, 4.69) is 10.0 Å². The van der Waals surface area contributed by atoms with Gasteiger partial charge < -0.3 is 14.2 Å². The van der Waals surface area contributed by atoms with E-state index in [-0.39, 0.29) is 17.9 Å². The molecule has 19 heavy (non-hydrogen) atoms. The number of nitrogens with zero attached hydrogens (tertiary/aromatic N) is 3. The molecular formula is C12H11N3O4. The number of methoxy groups -OCH3 is 2. The van der Waals surface area contributed by atoms with Crippen molar-refractivity contribution < 1.29 is 19.0 Å². The van der Waals surface area contributed by atoms with Crippen LogP contribution in [-0.2, 0) is 9.53 Å². The second kappa shape index (κ2) is 5.32. The van der Waals surface area contributed by atoms with Crippen LogP contribution in [0.2, 0.25) is 0 Å². The summed E-state index contributed by atoms with van der Waals surface area (Å²) >= 11 is 0. The van der Waals surface area contributed by atoms with Crippen molar-refractivity contribution in [2.24, 2.45) is 5.11 Å². The van der Waals surface area contributed by atoms with Gasteiger partial charge in [-0.2, -0.15) is 0 Å². The largest absolute Gasteiger partial charge is 0.493 e. The van der Waals surface area contributed by atoms with E-state index in [9.17, 15) is 4.79 Å². The smallest absolute Gasteiger partial charge is 0.339 e. The van der Waals surface area contributed by atoms with Gasteiger partial charge in [-0.15, -0.1) is 0 Å². The summed E-state index contributed by atoms with van der Waals surface area (Å²) in [4.78, 5) is 14.4. The first-order valence-corrected chi connectivity index (χ1v) is 5.39. The van der Waals surface area contributed by atoms with Gasteiger partial charge in [-0.1, -0.05) is 11.2 Å². The minimum absolute atomic E-state index is 0.0213. The molecule has 1 aliphatic rings. The van der Waals surface area contributed by atoms with Crippen LogP contribution < -0.4 is 9.47 Å². The van der Waals surface area contributed by atoms with Crippen LogP contribution in [0.3, 0.4) is 0 Å². The Hall–Kier alpha value is -2.66. The lowest BCUT2D eigenvalue weighted by molar-refractivity contribution is -0.134. The highest BCUT2D eigenvalue weighted by Gasteiger charge is 2.26. The van der Waals surface area contributed by atoms with E-state index in [4.69, 9.17) is 19.7 Å². The van der Waals surface area contributed by atoms with E-state index in [0.29, 0.717) is 17.1 Å². The highest BCUT2D eigenvalue weighted by Crippen LogP contribution is 2.34. The highest BCUT2D eigenvalue weighted by atomic mass is 16.5. The van der Waals surface area contributed by atoms with Crippen LogP contribution in [0, 0.1) is 0 Å². The molecule has 0 saturated carbocycles. The van der Waals surface area contributed by atoms with Gasteiger partial charge in [0.15, 0.2) is 11.5 Å². The number of hydrogen-bond acceptors (Lipinski definition) is 5. The van der Waals surface area contributed by atoms with Gasteiger partial charge in [0.25, 0.3) is 0 Å². The van der Waals surface area contributed by atoms with Crippen LogP contribution in [0.4, 0.5) is 0 Å². The maximum Gasteiger partial charge on any atom is 0.339 e. The van der Waals surface area contributed by atoms with E-state index in [1.165, 1.54) is 14.2 Å². The number of rotatable bonds is 4. The van der Waals surface area contributed by atoms with E-state index in [1.54, 1.807) is 18.2 Å². The lowest BCUT2D eigenvalue weighted by Crippen LogP contribution is -1.99. The van der Waals surface area contributed by atoms with Gasteiger partial charge in [-0.3, -0.25) is 0 Å². The first kappa shape index (κ1) is 12.8. The molecular weight excluding hydrogens is 250 g/mol. The predicted octanol–water partition coefficient (Wildman–Crippen LogP) is 2.28. The van der Waals surface area contributed by atoms with E-state index < -0.39 is 5.97 Å². The molecule has 0 fully saturated rings. The Kier molecular flexibility index (Phi) is 3.58.